The zero-order valence-corrected chi connectivity index (χ0v) is 51.7. The first-order valence-corrected chi connectivity index (χ1v) is 30.3. The first kappa shape index (κ1) is 72.2. The highest BCUT2D eigenvalue weighted by molar-refractivity contribution is 6.00. The van der Waals surface area contributed by atoms with Crippen LogP contribution in [-0.2, 0) is 70.4 Å². The Labute approximate surface area is 526 Å². The fraction of sp³-hybridized carbons (Fsp3) is 0.550. The smallest absolute Gasteiger partial charge is 0.326 e. The molecule has 2 saturated heterocycles. The van der Waals surface area contributed by atoms with Gasteiger partial charge in [0.2, 0.25) is 59.1 Å². The molecule has 496 valence electrons. The standard InChI is InChI=1S/C60H86N16O15/c1-6-33(4)49(74-50(81)39(15-10-22-65-60(62)63)69-51(82)41(28-47(79)80)68-46(78)30-66-53(84)44-16-11-23-75(44)57(88)34(5)61)56(87)70-40(25-36-18-20-38(77)21-19-36)52(83)73-48(32(2)3)55(86)71-42(27-37-29-64-31-67-37)58(89)76-24-12-17-45(76)54(85)72-43(59(90)91)26-35-13-8-7-9-14-35/h7-9,13-14,18-21,29,31-34,37,39-45,48-49,77H,6,10-12,15-17,22-28,30,61H2,1-5H3,(H,66,84)(H,68,78)(H,69,82)(H,70,87)(H,71,86)(H,72,85)(H,73,83)(H,74,81)(H,79,80)(H,90,91)(H4,62,63,65)/t33-,34-,37?,39-,40-,41-,42-,43-,44-,45-,48-,49-/m0/s1. The van der Waals surface area contributed by atoms with Crippen molar-refractivity contribution in [2.24, 2.45) is 44.0 Å². The van der Waals surface area contributed by atoms with Crippen LogP contribution >= 0.6 is 0 Å². The number of phenols is 1. The van der Waals surface area contributed by atoms with Crippen LogP contribution in [0.2, 0.25) is 0 Å². The van der Waals surface area contributed by atoms with Gasteiger partial charge in [0, 0.05) is 45.1 Å². The number of aromatic hydroxyl groups is 1. The van der Waals surface area contributed by atoms with Crippen LogP contribution in [0, 0.1) is 11.8 Å². The average Bonchev–Trinajstić information content (AvgIpc) is 2.05. The van der Waals surface area contributed by atoms with Crippen LogP contribution in [0.4, 0.5) is 0 Å². The third kappa shape index (κ3) is 22.2. The molecule has 31 heteroatoms. The number of nitrogens with one attached hydrogen (secondary N) is 8. The van der Waals surface area contributed by atoms with Crippen LogP contribution in [0.15, 0.2) is 69.6 Å². The minimum Gasteiger partial charge on any atom is -0.508 e. The molecule has 0 bridgehead atoms. The molecule has 5 rings (SSSR count). The molecule has 2 fully saturated rings. The summed E-state index contributed by atoms with van der Waals surface area (Å²) in [4.78, 5) is 179. The van der Waals surface area contributed by atoms with Gasteiger partial charge in [0.15, 0.2) is 5.96 Å². The summed E-state index contributed by atoms with van der Waals surface area (Å²) in [5.74, 6) is -12.8. The van der Waals surface area contributed by atoms with E-state index in [1.165, 1.54) is 53.5 Å². The Kier molecular flexibility index (Phi) is 27.8. The molecular formula is C60H86N16O15. The number of aliphatic carboxylic acids is 2. The van der Waals surface area contributed by atoms with Crippen molar-refractivity contribution < 1.29 is 72.9 Å². The van der Waals surface area contributed by atoms with Crippen molar-refractivity contribution >= 4 is 89.5 Å². The molecule has 12 atom stereocenters. The van der Waals surface area contributed by atoms with Gasteiger partial charge in [-0.25, -0.2) is 9.79 Å². The molecule has 10 amide bonds. The van der Waals surface area contributed by atoms with Gasteiger partial charge in [0.1, 0.15) is 66.5 Å². The normalized spacial score (nSPS) is 18.8. The molecule has 2 aromatic carbocycles. The van der Waals surface area contributed by atoms with E-state index in [1.807, 2.05) is 0 Å². The van der Waals surface area contributed by atoms with Gasteiger partial charge in [-0.05, 0) is 80.5 Å². The molecule has 3 aliphatic rings. The van der Waals surface area contributed by atoms with Gasteiger partial charge in [-0.1, -0.05) is 76.6 Å². The van der Waals surface area contributed by atoms with E-state index in [0.717, 1.165) is 0 Å². The largest absolute Gasteiger partial charge is 0.508 e. The molecule has 17 N–H and O–H groups in total. The highest BCUT2D eigenvalue weighted by Gasteiger charge is 2.42. The minimum absolute atomic E-state index is 0.0256. The molecule has 0 spiro atoms. The van der Waals surface area contributed by atoms with E-state index in [0.29, 0.717) is 30.4 Å². The molecule has 2 aromatic rings. The highest BCUT2D eigenvalue weighted by Crippen LogP contribution is 2.23. The summed E-state index contributed by atoms with van der Waals surface area (Å²) in [6, 6.07) is 0.406. The molecule has 0 radical (unpaired) electrons. The van der Waals surface area contributed by atoms with Crippen molar-refractivity contribution in [2.75, 3.05) is 26.2 Å². The van der Waals surface area contributed by atoms with E-state index < -0.39 is 162 Å². The number of nitrogens with two attached hydrogens (primary N) is 3. The number of rotatable bonds is 34. The quantitative estimate of drug-likeness (QED) is 0.0191. The fourth-order valence-corrected chi connectivity index (χ4v) is 10.6. The van der Waals surface area contributed by atoms with Crippen molar-refractivity contribution in [2.45, 2.75) is 172 Å². The highest BCUT2D eigenvalue weighted by atomic mass is 16.4. The number of aliphatic imine (C=N–C) groups is 3. The number of likely N-dealkylation sites (tertiary alicyclic amines) is 2. The van der Waals surface area contributed by atoms with Crippen LogP contribution in [-0.4, -0.2) is 207 Å². The third-order valence-corrected chi connectivity index (χ3v) is 15.7. The van der Waals surface area contributed by atoms with Gasteiger partial charge < -0.3 is 84.9 Å². The number of carbonyl (C=O) groups excluding carboxylic acids is 10. The van der Waals surface area contributed by atoms with E-state index in [9.17, 15) is 72.9 Å². The zero-order valence-electron chi connectivity index (χ0n) is 51.7. The number of amides is 10. The van der Waals surface area contributed by atoms with Crippen LogP contribution in [0.1, 0.15) is 104 Å². The summed E-state index contributed by atoms with van der Waals surface area (Å²) >= 11 is 0. The Balaban J connectivity index is 1.35. The second-order valence-electron chi connectivity index (χ2n) is 23.2. The lowest BCUT2D eigenvalue weighted by Gasteiger charge is -2.32. The summed E-state index contributed by atoms with van der Waals surface area (Å²) in [6.07, 6.45) is 2.84. The first-order chi connectivity index (χ1) is 43.2. The number of guanidine groups is 1. The predicted octanol–water partition coefficient (Wildman–Crippen LogP) is -2.80. The number of hydrogen-bond acceptors (Lipinski definition) is 17. The van der Waals surface area contributed by atoms with Crippen LogP contribution < -0.4 is 59.7 Å². The number of carboxylic acids is 2. The molecule has 1 unspecified atom stereocenters. The molecule has 3 heterocycles. The van der Waals surface area contributed by atoms with Gasteiger partial charge in [-0.15, -0.1) is 0 Å². The van der Waals surface area contributed by atoms with Crippen molar-refractivity contribution in [3.8, 4) is 5.75 Å². The van der Waals surface area contributed by atoms with E-state index in [2.05, 4.69) is 57.5 Å². The second kappa shape index (κ2) is 35.0. The summed E-state index contributed by atoms with van der Waals surface area (Å²) in [7, 11) is 0. The zero-order chi connectivity index (χ0) is 67.1. The first-order valence-electron chi connectivity index (χ1n) is 30.3. The van der Waals surface area contributed by atoms with E-state index in [1.54, 1.807) is 58.0 Å². The summed E-state index contributed by atoms with van der Waals surface area (Å²) in [5, 5.41) is 50.5. The van der Waals surface area contributed by atoms with Gasteiger partial charge >= 0.3 is 11.9 Å². The second-order valence-corrected chi connectivity index (χ2v) is 23.2. The molecule has 0 aromatic heterocycles. The van der Waals surface area contributed by atoms with Gasteiger partial charge in [0.25, 0.3) is 0 Å². The monoisotopic (exact) mass is 1270 g/mol. The minimum atomic E-state index is -1.81. The maximum absolute atomic E-state index is 14.7. The number of phenolic OH excluding ortho intramolecular Hbond substituents is 1. The number of hydrogen-bond donors (Lipinski definition) is 14. The Bertz CT molecular complexity index is 3000. The Morgan fingerprint density at radius 1 is 0.648 bits per heavy atom. The summed E-state index contributed by atoms with van der Waals surface area (Å²) < 4.78 is 0. The number of carboxylic acid groups (broad SMARTS) is 2. The molecule has 0 aliphatic carbocycles. The van der Waals surface area contributed by atoms with Crippen molar-refractivity contribution in [3.63, 3.8) is 0 Å². The predicted molar refractivity (Wildman–Crippen MR) is 331 cm³/mol. The number of carbonyl (C=O) groups is 12. The number of benzene rings is 2. The topological polar surface area (TPSA) is 483 Å². The lowest BCUT2D eigenvalue weighted by atomic mass is 9.96. The number of nitrogens with zero attached hydrogens (tertiary/aromatic N) is 5. The van der Waals surface area contributed by atoms with E-state index in [4.69, 9.17) is 17.2 Å². The van der Waals surface area contributed by atoms with Crippen molar-refractivity contribution in [1.29, 1.82) is 0 Å². The van der Waals surface area contributed by atoms with Crippen LogP contribution in [0.25, 0.3) is 0 Å². The van der Waals surface area contributed by atoms with Gasteiger partial charge in [-0.3, -0.25) is 62.7 Å². The average molecular weight is 1270 g/mol. The lowest BCUT2D eigenvalue weighted by Crippen LogP contribution is -2.62. The van der Waals surface area contributed by atoms with Crippen LogP contribution in [0.3, 0.4) is 0 Å². The third-order valence-electron chi connectivity index (χ3n) is 15.7. The van der Waals surface area contributed by atoms with Gasteiger partial charge in [-0.2, -0.15) is 0 Å². The molecule has 31 nitrogen and oxygen atoms in total. The van der Waals surface area contributed by atoms with E-state index >= 15 is 0 Å². The SMILES string of the molecule is CC[C@H](C)[C@H](NC(=O)[C@H](CCCN=C(N)N)NC(=O)[C@H](CC(=O)O)NC(=O)CNC(=O)[C@@H]1CCCN1C(=O)[C@H](C)N)C(=O)N[C@@H](Cc1ccc(O)cc1)C(=O)N[C@H](C(=O)N[C@@H](CC1C=NC=N1)C(=O)N1CCC[C@H]1C(=O)N[C@@H](Cc1ccccc1)C(=O)O)C(C)C. The Hall–Kier alpha value is -9.55. The summed E-state index contributed by atoms with van der Waals surface area (Å²) in [5.41, 5.74) is 17.9. The fourth-order valence-electron chi connectivity index (χ4n) is 10.6. The Morgan fingerprint density at radius 2 is 1.21 bits per heavy atom. The molecular weight excluding hydrogens is 1180 g/mol. The maximum atomic E-state index is 14.7. The van der Waals surface area contributed by atoms with Crippen LogP contribution in [0.5, 0.6) is 5.75 Å². The molecule has 3 aliphatic heterocycles. The Morgan fingerprint density at radius 3 is 1.79 bits per heavy atom. The van der Waals surface area contributed by atoms with E-state index in [-0.39, 0.29) is 76.3 Å². The van der Waals surface area contributed by atoms with Crippen molar-refractivity contribution in [3.05, 3.63) is 65.7 Å². The van der Waals surface area contributed by atoms with Crippen molar-refractivity contribution in [1.82, 2.24) is 52.3 Å². The summed E-state index contributed by atoms with van der Waals surface area (Å²) in [6.45, 7) is 7.64. The maximum Gasteiger partial charge on any atom is 0.326 e. The molecule has 91 heavy (non-hydrogen) atoms. The lowest BCUT2D eigenvalue weighted by molar-refractivity contribution is -0.145. The molecule has 0 saturated carbocycles. The van der Waals surface area contributed by atoms with Gasteiger partial charge in [0.05, 0.1) is 25.0 Å².